The van der Waals surface area contributed by atoms with Crippen molar-refractivity contribution in [2.45, 2.75) is 252 Å². The summed E-state index contributed by atoms with van der Waals surface area (Å²) in [6, 6.07) is 0. The maximum atomic E-state index is 12.7. The fourth-order valence-electron chi connectivity index (χ4n) is 6.59. The highest BCUT2D eigenvalue weighted by Gasteiger charge is 2.19. The average molecular weight is 723 g/mol. The number of hydrogen-bond acceptors (Lipinski definition) is 6. The van der Waals surface area contributed by atoms with Gasteiger partial charge in [0.25, 0.3) is 0 Å². The Morgan fingerprint density at radius 2 is 0.686 bits per heavy atom. The standard InChI is InChI=1S/C45H86O6/c1-5-8-10-12-14-16-18-20-21-23-28-32-36-43(46)49-39-42(40-50-44(47)37-33-29-26-25-27-31-35-41(4)7-3)51-45(48)38-34-30-24-22-19-17-15-13-11-9-6-2/h41-42H,5-40H2,1-4H3/t41?,42-/m0/s1. The SMILES string of the molecule is CCCCCCCCCCCCCCC(=O)OC[C@@H](COC(=O)CCCCCCCCC(C)CC)OC(=O)CCCCCCCCCCCCC. The molecule has 0 aliphatic rings. The summed E-state index contributed by atoms with van der Waals surface area (Å²) >= 11 is 0. The number of hydrogen-bond donors (Lipinski definition) is 0. The first-order valence-electron chi connectivity index (χ1n) is 22.4. The van der Waals surface area contributed by atoms with E-state index in [1.54, 1.807) is 0 Å². The molecule has 0 saturated carbocycles. The Kier molecular flexibility index (Phi) is 38.4. The minimum atomic E-state index is -0.759. The first kappa shape index (κ1) is 49.4. The van der Waals surface area contributed by atoms with Gasteiger partial charge in [-0.05, 0) is 25.2 Å². The molecule has 0 bridgehead atoms. The van der Waals surface area contributed by atoms with Crippen LogP contribution >= 0.6 is 0 Å². The summed E-state index contributed by atoms with van der Waals surface area (Å²) in [4.78, 5) is 37.6. The summed E-state index contributed by atoms with van der Waals surface area (Å²) in [5.41, 5.74) is 0. The molecule has 6 heteroatoms. The summed E-state index contributed by atoms with van der Waals surface area (Å²) in [6.07, 6.45) is 38.0. The van der Waals surface area contributed by atoms with E-state index in [9.17, 15) is 14.4 Å². The Morgan fingerprint density at radius 1 is 0.392 bits per heavy atom. The van der Waals surface area contributed by atoms with Crippen LogP contribution in [0.1, 0.15) is 246 Å². The molecule has 0 aromatic rings. The Morgan fingerprint density at radius 3 is 1.02 bits per heavy atom. The van der Waals surface area contributed by atoms with E-state index >= 15 is 0 Å². The van der Waals surface area contributed by atoms with Crippen LogP contribution in [0.2, 0.25) is 0 Å². The van der Waals surface area contributed by atoms with Gasteiger partial charge in [-0.25, -0.2) is 0 Å². The summed E-state index contributed by atoms with van der Waals surface area (Å²) in [5, 5.41) is 0. The first-order chi connectivity index (χ1) is 24.9. The lowest BCUT2D eigenvalue weighted by Gasteiger charge is -2.18. The van der Waals surface area contributed by atoms with Gasteiger partial charge in [-0.3, -0.25) is 14.4 Å². The van der Waals surface area contributed by atoms with Crippen molar-refractivity contribution in [2.75, 3.05) is 13.2 Å². The molecule has 6 nitrogen and oxygen atoms in total. The van der Waals surface area contributed by atoms with Crippen molar-refractivity contribution in [3.8, 4) is 0 Å². The Bertz CT molecular complexity index is 768. The number of carbonyl (C=O) groups excluding carboxylic acids is 3. The lowest BCUT2D eigenvalue weighted by Crippen LogP contribution is -2.30. The smallest absolute Gasteiger partial charge is 0.306 e. The second-order valence-corrected chi connectivity index (χ2v) is 15.6. The van der Waals surface area contributed by atoms with Gasteiger partial charge in [0.1, 0.15) is 13.2 Å². The van der Waals surface area contributed by atoms with Crippen LogP contribution in [0.25, 0.3) is 0 Å². The van der Waals surface area contributed by atoms with Gasteiger partial charge in [0.15, 0.2) is 6.10 Å². The van der Waals surface area contributed by atoms with Crippen molar-refractivity contribution >= 4 is 17.9 Å². The second kappa shape index (κ2) is 39.6. The molecule has 1 unspecified atom stereocenters. The summed E-state index contributed by atoms with van der Waals surface area (Å²) in [6.45, 7) is 8.95. The molecular weight excluding hydrogens is 636 g/mol. The third-order valence-corrected chi connectivity index (χ3v) is 10.4. The van der Waals surface area contributed by atoms with Gasteiger partial charge in [0, 0.05) is 19.3 Å². The molecule has 0 saturated heterocycles. The van der Waals surface area contributed by atoms with Crippen molar-refractivity contribution in [1.82, 2.24) is 0 Å². The van der Waals surface area contributed by atoms with Crippen LogP contribution in [-0.2, 0) is 28.6 Å². The molecule has 302 valence electrons. The molecule has 0 aliphatic carbocycles. The van der Waals surface area contributed by atoms with Crippen LogP contribution in [0.5, 0.6) is 0 Å². The second-order valence-electron chi connectivity index (χ2n) is 15.6. The van der Waals surface area contributed by atoms with Gasteiger partial charge >= 0.3 is 17.9 Å². The number of ether oxygens (including phenoxy) is 3. The van der Waals surface area contributed by atoms with Crippen molar-refractivity contribution in [3.63, 3.8) is 0 Å². The van der Waals surface area contributed by atoms with Crippen molar-refractivity contribution in [1.29, 1.82) is 0 Å². The quantitative estimate of drug-likeness (QED) is 0.0356. The predicted octanol–water partition coefficient (Wildman–Crippen LogP) is 13.9. The van der Waals surface area contributed by atoms with E-state index in [2.05, 4.69) is 27.7 Å². The van der Waals surface area contributed by atoms with Crippen LogP contribution in [0.15, 0.2) is 0 Å². The van der Waals surface area contributed by atoms with Gasteiger partial charge in [0.05, 0.1) is 0 Å². The zero-order chi connectivity index (χ0) is 37.5. The van der Waals surface area contributed by atoms with E-state index in [0.717, 1.165) is 63.7 Å². The average Bonchev–Trinajstić information content (AvgIpc) is 3.13. The molecule has 0 amide bonds. The Balaban J connectivity index is 4.34. The molecule has 0 radical (unpaired) electrons. The molecule has 2 atom stereocenters. The number of unbranched alkanes of at least 4 members (excludes halogenated alkanes) is 26. The van der Waals surface area contributed by atoms with Gasteiger partial charge in [-0.1, -0.05) is 207 Å². The molecule has 51 heavy (non-hydrogen) atoms. The fraction of sp³-hybridized carbons (Fsp3) is 0.933. The Hall–Kier alpha value is -1.59. The monoisotopic (exact) mass is 723 g/mol. The van der Waals surface area contributed by atoms with E-state index in [4.69, 9.17) is 14.2 Å². The molecule has 0 aromatic heterocycles. The minimum Gasteiger partial charge on any atom is -0.462 e. The molecule has 0 aliphatic heterocycles. The fourth-order valence-corrected chi connectivity index (χ4v) is 6.59. The van der Waals surface area contributed by atoms with Crippen molar-refractivity contribution < 1.29 is 28.6 Å². The summed E-state index contributed by atoms with van der Waals surface area (Å²) < 4.78 is 16.7. The Labute approximate surface area is 317 Å². The lowest BCUT2D eigenvalue weighted by molar-refractivity contribution is -0.167. The minimum absolute atomic E-state index is 0.0645. The van der Waals surface area contributed by atoms with Gasteiger partial charge < -0.3 is 14.2 Å². The van der Waals surface area contributed by atoms with Gasteiger partial charge in [-0.2, -0.15) is 0 Å². The molecule has 0 spiro atoms. The lowest BCUT2D eigenvalue weighted by atomic mass is 10.00. The van der Waals surface area contributed by atoms with Crippen LogP contribution < -0.4 is 0 Å². The van der Waals surface area contributed by atoms with E-state index < -0.39 is 6.10 Å². The largest absolute Gasteiger partial charge is 0.462 e. The van der Waals surface area contributed by atoms with E-state index in [-0.39, 0.29) is 31.1 Å². The van der Waals surface area contributed by atoms with Gasteiger partial charge in [-0.15, -0.1) is 0 Å². The van der Waals surface area contributed by atoms with Crippen LogP contribution in [-0.4, -0.2) is 37.2 Å². The first-order valence-corrected chi connectivity index (χ1v) is 22.4. The molecule has 0 N–H and O–H groups in total. The zero-order valence-electron chi connectivity index (χ0n) is 34.6. The number of rotatable bonds is 40. The maximum absolute atomic E-state index is 12.7. The summed E-state index contributed by atoms with van der Waals surface area (Å²) in [5.74, 6) is -0.0441. The molecule has 0 fully saturated rings. The third kappa shape index (κ3) is 38.0. The molecule has 0 heterocycles. The maximum Gasteiger partial charge on any atom is 0.306 e. The molecular formula is C45H86O6. The predicted molar refractivity (Wildman–Crippen MR) is 215 cm³/mol. The van der Waals surface area contributed by atoms with Crippen LogP contribution in [0.3, 0.4) is 0 Å². The topological polar surface area (TPSA) is 78.9 Å². The summed E-state index contributed by atoms with van der Waals surface area (Å²) in [7, 11) is 0. The highest BCUT2D eigenvalue weighted by molar-refractivity contribution is 5.71. The molecule has 0 aromatic carbocycles. The van der Waals surface area contributed by atoms with Crippen LogP contribution in [0.4, 0.5) is 0 Å². The third-order valence-electron chi connectivity index (χ3n) is 10.4. The van der Waals surface area contributed by atoms with Gasteiger partial charge in [0.2, 0.25) is 0 Å². The van der Waals surface area contributed by atoms with Crippen molar-refractivity contribution in [2.24, 2.45) is 5.92 Å². The highest BCUT2D eigenvalue weighted by atomic mass is 16.6. The van der Waals surface area contributed by atoms with E-state index in [0.29, 0.717) is 19.3 Å². The highest BCUT2D eigenvalue weighted by Crippen LogP contribution is 2.16. The van der Waals surface area contributed by atoms with Crippen molar-refractivity contribution in [3.05, 3.63) is 0 Å². The molecule has 0 rings (SSSR count). The van der Waals surface area contributed by atoms with E-state index in [1.165, 1.54) is 141 Å². The zero-order valence-corrected chi connectivity index (χ0v) is 34.6. The van der Waals surface area contributed by atoms with E-state index in [1.807, 2.05) is 0 Å². The number of esters is 3. The van der Waals surface area contributed by atoms with Crippen LogP contribution in [0, 0.1) is 5.92 Å². The normalized spacial score (nSPS) is 12.5. The number of carbonyl (C=O) groups is 3.